The fraction of sp³-hybridized carbons (Fsp3) is 0.400. The average Bonchev–Trinajstić information content (AvgIpc) is 2.50. The van der Waals surface area contributed by atoms with Gasteiger partial charge in [0.1, 0.15) is 5.54 Å². The third-order valence-electron chi connectivity index (χ3n) is 2.63. The van der Waals surface area contributed by atoms with Crippen molar-refractivity contribution < 1.29 is 4.79 Å². The van der Waals surface area contributed by atoms with Gasteiger partial charge in [-0.05, 0) is 18.6 Å². The number of carbonyl (C=O) groups is 1. The summed E-state index contributed by atoms with van der Waals surface area (Å²) in [6.07, 6.45) is 4.08. The van der Waals surface area contributed by atoms with Crippen molar-refractivity contribution in [3.05, 3.63) is 30.1 Å². The summed E-state index contributed by atoms with van der Waals surface area (Å²) in [5, 5.41) is 3.21. The summed E-state index contributed by atoms with van der Waals surface area (Å²) in [4.78, 5) is 15.6. The summed E-state index contributed by atoms with van der Waals surface area (Å²) in [7, 11) is 0. The second-order valence-electron chi connectivity index (χ2n) is 3.47. The summed E-state index contributed by atoms with van der Waals surface area (Å²) in [5.41, 5.74) is 0.450. The third-order valence-corrected chi connectivity index (χ3v) is 2.63. The predicted molar refractivity (Wildman–Crippen MR) is 49.2 cm³/mol. The van der Waals surface area contributed by atoms with E-state index in [2.05, 4.69) is 10.3 Å². The Morgan fingerprint density at radius 1 is 1.62 bits per heavy atom. The molecule has 2 heterocycles. The molecule has 0 aliphatic carbocycles. The smallest absolute Gasteiger partial charge is 0.158 e. The van der Waals surface area contributed by atoms with Crippen LogP contribution in [-0.4, -0.2) is 17.3 Å². The van der Waals surface area contributed by atoms with Crippen molar-refractivity contribution in [3.8, 4) is 0 Å². The van der Waals surface area contributed by atoms with Crippen LogP contribution in [0.2, 0.25) is 0 Å². The van der Waals surface area contributed by atoms with Crippen molar-refractivity contribution in [3.63, 3.8) is 0 Å². The standard InChI is InChI=1S/C10H12N2O/c1-10(9(13)4-6-12-10)8-3-2-5-11-7-8/h2-3,5,7,12H,4,6H2,1H3. The zero-order chi connectivity index (χ0) is 9.31. The van der Waals surface area contributed by atoms with Crippen molar-refractivity contribution in [2.45, 2.75) is 18.9 Å². The molecule has 13 heavy (non-hydrogen) atoms. The molecule has 1 aromatic rings. The first-order chi connectivity index (χ1) is 6.23. The van der Waals surface area contributed by atoms with Crippen molar-refractivity contribution in [1.29, 1.82) is 0 Å². The molecule has 2 rings (SSSR count). The van der Waals surface area contributed by atoms with Crippen LogP contribution in [-0.2, 0) is 10.3 Å². The molecule has 1 aliphatic rings. The van der Waals surface area contributed by atoms with Gasteiger partial charge in [0.25, 0.3) is 0 Å². The van der Waals surface area contributed by atoms with E-state index in [9.17, 15) is 4.79 Å². The van der Waals surface area contributed by atoms with Gasteiger partial charge in [-0.15, -0.1) is 0 Å². The second kappa shape index (κ2) is 2.92. The number of Topliss-reactive ketones (excluding diaryl/α,β-unsaturated/α-hetero) is 1. The van der Waals surface area contributed by atoms with Gasteiger partial charge in [-0.1, -0.05) is 6.07 Å². The molecule has 0 amide bonds. The van der Waals surface area contributed by atoms with Gasteiger partial charge in [0, 0.05) is 25.4 Å². The Labute approximate surface area is 77.2 Å². The topological polar surface area (TPSA) is 42.0 Å². The van der Waals surface area contributed by atoms with Gasteiger partial charge in [-0.2, -0.15) is 0 Å². The van der Waals surface area contributed by atoms with Crippen molar-refractivity contribution in [1.82, 2.24) is 10.3 Å². The Balaban J connectivity index is 2.40. The number of pyridine rings is 1. The molecule has 3 heteroatoms. The van der Waals surface area contributed by atoms with Crippen molar-refractivity contribution >= 4 is 5.78 Å². The highest BCUT2D eigenvalue weighted by Gasteiger charge is 2.38. The minimum atomic E-state index is -0.506. The number of carbonyl (C=O) groups excluding carboxylic acids is 1. The Kier molecular flexibility index (Phi) is 1.88. The summed E-state index contributed by atoms with van der Waals surface area (Å²) in [6, 6.07) is 3.79. The molecular weight excluding hydrogens is 164 g/mol. The maximum atomic E-state index is 11.6. The molecule has 1 fully saturated rings. The van der Waals surface area contributed by atoms with Gasteiger partial charge in [0.2, 0.25) is 0 Å². The molecule has 0 bridgehead atoms. The number of nitrogens with zero attached hydrogens (tertiary/aromatic N) is 1. The molecule has 1 unspecified atom stereocenters. The SMILES string of the molecule is CC1(c2cccnc2)NCCC1=O. The van der Waals surface area contributed by atoms with Crippen LogP contribution >= 0.6 is 0 Å². The monoisotopic (exact) mass is 176 g/mol. The number of nitrogens with one attached hydrogen (secondary N) is 1. The van der Waals surface area contributed by atoms with Crippen molar-refractivity contribution in [2.75, 3.05) is 6.54 Å². The first-order valence-electron chi connectivity index (χ1n) is 4.42. The number of ketones is 1. The van der Waals surface area contributed by atoms with Crippen LogP contribution in [0.3, 0.4) is 0 Å². The van der Waals surface area contributed by atoms with Crippen LogP contribution in [0.4, 0.5) is 0 Å². The second-order valence-corrected chi connectivity index (χ2v) is 3.47. The summed E-state index contributed by atoms with van der Waals surface area (Å²) >= 11 is 0. The number of rotatable bonds is 1. The zero-order valence-electron chi connectivity index (χ0n) is 7.58. The van der Waals surface area contributed by atoms with E-state index in [1.54, 1.807) is 12.4 Å². The highest BCUT2D eigenvalue weighted by molar-refractivity contribution is 5.91. The Morgan fingerprint density at radius 3 is 3.00 bits per heavy atom. The maximum Gasteiger partial charge on any atom is 0.158 e. The van der Waals surface area contributed by atoms with Gasteiger partial charge >= 0.3 is 0 Å². The zero-order valence-corrected chi connectivity index (χ0v) is 7.58. The van der Waals surface area contributed by atoms with E-state index in [4.69, 9.17) is 0 Å². The lowest BCUT2D eigenvalue weighted by molar-refractivity contribution is -0.122. The van der Waals surface area contributed by atoms with Gasteiger partial charge in [0.15, 0.2) is 5.78 Å². The minimum absolute atomic E-state index is 0.250. The molecule has 1 aromatic heterocycles. The lowest BCUT2D eigenvalue weighted by Crippen LogP contribution is -2.38. The van der Waals surface area contributed by atoms with E-state index < -0.39 is 5.54 Å². The summed E-state index contributed by atoms with van der Waals surface area (Å²) < 4.78 is 0. The Morgan fingerprint density at radius 2 is 2.46 bits per heavy atom. The molecule has 0 aromatic carbocycles. The molecule has 1 aliphatic heterocycles. The van der Waals surface area contributed by atoms with Gasteiger partial charge in [-0.25, -0.2) is 0 Å². The van der Waals surface area contributed by atoms with Crippen LogP contribution in [0, 0.1) is 0 Å². The van der Waals surface area contributed by atoms with E-state index in [-0.39, 0.29) is 5.78 Å². The molecule has 3 nitrogen and oxygen atoms in total. The lowest BCUT2D eigenvalue weighted by atomic mass is 9.91. The van der Waals surface area contributed by atoms with Crippen molar-refractivity contribution in [2.24, 2.45) is 0 Å². The molecule has 1 atom stereocenters. The lowest BCUT2D eigenvalue weighted by Gasteiger charge is -2.22. The van der Waals surface area contributed by atoms with Crippen LogP contribution in [0.25, 0.3) is 0 Å². The molecule has 0 saturated carbocycles. The number of hydrogen-bond donors (Lipinski definition) is 1. The fourth-order valence-electron chi connectivity index (χ4n) is 1.70. The van der Waals surface area contributed by atoms with Crippen LogP contribution < -0.4 is 5.32 Å². The molecule has 0 spiro atoms. The number of hydrogen-bond acceptors (Lipinski definition) is 3. The van der Waals surface area contributed by atoms with E-state index in [0.29, 0.717) is 6.42 Å². The quantitative estimate of drug-likeness (QED) is 0.690. The third kappa shape index (κ3) is 1.25. The number of aromatic nitrogens is 1. The summed E-state index contributed by atoms with van der Waals surface area (Å²) in [5.74, 6) is 0.250. The van der Waals surface area contributed by atoms with E-state index in [1.165, 1.54) is 0 Å². The molecular formula is C10H12N2O. The first-order valence-corrected chi connectivity index (χ1v) is 4.42. The first kappa shape index (κ1) is 8.38. The minimum Gasteiger partial charge on any atom is -0.301 e. The fourth-order valence-corrected chi connectivity index (χ4v) is 1.70. The Hall–Kier alpha value is -1.22. The Bertz CT molecular complexity index is 323. The van der Waals surface area contributed by atoms with E-state index in [0.717, 1.165) is 12.1 Å². The predicted octanol–water partition coefficient (Wildman–Crippen LogP) is 0.859. The normalized spacial score (nSPS) is 27.9. The molecule has 1 N–H and O–H groups in total. The largest absolute Gasteiger partial charge is 0.301 e. The average molecular weight is 176 g/mol. The van der Waals surface area contributed by atoms with Crippen LogP contribution in [0.5, 0.6) is 0 Å². The van der Waals surface area contributed by atoms with Gasteiger partial charge < -0.3 is 5.32 Å². The van der Waals surface area contributed by atoms with Crippen LogP contribution in [0.15, 0.2) is 24.5 Å². The van der Waals surface area contributed by atoms with Crippen LogP contribution in [0.1, 0.15) is 18.9 Å². The van der Waals surface area contributed by atoms with E-state index >= 15 is 0 Å². The van der Waals surface area contributed by atoms with Gasteiger partial charge in [0.05, 0.1) is 0 Å². The maximum absolute atomic E-state index is 11.6. The van der Waals surface area contributed by atoms with E-state index in [1.807, 2.05) is 19.1 Å². The highest BCUT2D eigenvalue weighted by Crippen LogP contribution is 2.26. The highest BCUT2D eigenvalue weighted by atomic mass is 16.1. The summed E-state index contributed by atoms with van der Waals surface area (Å²) in [6.45, 7) is 2.68. The molecule has 0 radical (unpaired) electrons. The molecule has 1 saturated heterocycles. The molecule has 68 valence electrons. The van der Waals surface area contributed by atoms with Gasteiger partial charge in [-0.3, -0.25) is 9.78 Å².